The predicted octanol–water partition coefficient (Wildman–Crippen LogP) is 3.60. The Hall–Kier alpha value is -4.20. The minimum Gasteiger partial charge on any atom is -0.387 e. The molecule has 0 bridgehead atoms. The molecule has 0 aliphatic heterocycles. The van der Waals surface area contributed by atoms with E-state index in [0.29, 0.717) is 23.2 Å². The Morgan fingerprint density at radius 2 is 1.72 bits per heavy atom. The molecule has 1 aromatic carbocycles. The molecule has 0 radical (unpaired) electrons. The second-order valence-corrected chi connectivity index (χ2v) is 6.02. The van der Waals surface area contributed by atoms with Gasteiger partial charge >= 0.3 is 12.0 Å². The first-order chi connectivity index (χ1) is 14.2. The van der Waals surface area contributed by atoms with Crippen molar-refractivity contribution in [2.24, 2.45) is 0 Å². The van der Waals surface area contributed by atoms with Gasteiger partial charge in [0.05, 0.1) is 5.56 Å². The van der Waals surface area contributed by atoms with E-state index in [1.807, 2.05) is 36.4 Å². The first-order valence-corrected chi connectivity index (χ1v) is 8.82. The number of nitrogens with one attached hydrogen (secondary N) is 1. The zero-order valence-electron chi connectivity index (χ0n) is 15.5. The SMILES string of the molecule is Cc1nc(OC(=O)c2ccc(Nc3ccccc3)nc2)nc(-c2ccccn2)n1. The van der Waals surface area contributed by atoms with Gasteiger partial charge in [0, 0.05) is 18.1 Å². The van der Waals surface area contributed by atoms with Gasteiger partial charge in [-0.05, 0) is 43.3 Å². The molecule has 3 heterocycles. The third-order valence-corrected chi connectivity index (χ3v) is 3.85. The van der Waals surface area contributed by atoms with Crippen LogP contribution in [0, 0.1) is 6.92 Å². The van der Waals surface area contributed by atoms with E-state index < -0.39 is 5.97 Å². The number of pyridine rings is 2. The van der Waals surface area contributed by atoms with Crippen LogP contribution in [0.5, 0.6) is 6.01 Å². The van der Waals surface area contributed by atoms with Crippen molar-refractivity contribution >= 4 is 17.5 Å². The number of carbonyl (C=O) groups excluding carboxylic acids is 1. The van der Waals surface area contributed by atoms with Gasteiger partial charge in [0.25, 0.3) is 0 Å². The normalized spacial score (nSPS) is 10.4. The zero-order valence-corrected chi connectivity index (χ0v) is 15.5. The van der Waals surface area contributed by atoms with Crippen LogP contribution < -0.4 is 10.1 Å². The lowest BCUT2D eigenvalue weighted by Gasteiger charge is -2.07. The number of ether oxygens (including phenoxy) is 1. The van der Waals surface area contributed by atoms with E-state index in [9.17, 15) is 4.79 Å². The summed E-state index contributed by atoms with van der Waals surface area (Å²) >= 11 is 0. The fourth-order valence-corrected chi connectivity index (χ4v) is 2.51. The molecule has 0 saturated carbocycles. The van der Waals surface area contributed by atoms with E-state index in [1.54, 1.807) is 37.4 Å². The molecule has 29 heavy (non-hydrogen) atoms. The van der Waals surface area contributed by atoms with E-state index in [4.69, 9.17) is 4.74 Å². The number of nitrogens with zero attached hydrogens (tertiary/aromatic N) is 5. The topological polar surface area (TPSA) is 103 Å². The highest BCUT2D eigenvalue weighted by Gasteiger charge is 2.14. The van der Waals surface area contributed by atoms with Crippen LogP contribution in [0.15, 0.2) is 73.1 Å². The Kier molecular flexibility index (Phi) is 5.15. The fraction of sp³-hybridized carbons (Fsp3) is 0.0476. The van der Waals surface area contributed by atoms with E-state index in [1.165, 1.54) is 6.20 Å². The van der Waals surface area contributed by atoms with Crippen LogP contribution >= 0.6 is 0 Å². The number of benzene rings is 1. The highest BCUT2D eigenvalue weighted by Crippen LogP contribution is 2.17. The molecule has 142 valence electrons. The number of carbonyl (C=O) groups is 1. The van der Waals surface area contributed by atoms with Gasteiger partial charge in [-0.2, -0.15) is 9.97 Å². The third kappa shape index (κ3) is 4.56. The Balaban J connectivity index is 1.49. The second-order valence-electron chi connectivity index (χ2n) is 6.02. The van der Waals surface area contributed by atoms with Gasteiger partial charge in [-0.1, -0.05) is 24.3 Å². The summed E-state index contributed by atoms with van der Waals surface area (Å²) in [5.74, 6) is 0.757. The average molecular weight is 384 g/mol. The van der Waals surface area contributed by atoms with Crippen molar-refractivity contribution in [3.05, 3.63) is 84.4 Å². The molecule has 0 amide bonds. The maximum atomic E-state index is 12.4. The van der Waals surface area contributed by atoms with Crippen molar-refractivity contribution in [1.82, 2.24) is 24.9 Å². The number of aryl methyl sites for hydroxylation is 1. The standard InChI is InChI=1S/C21H16N6O2/c1-14-24-19(17-9-5-6-12-22-17)27-21(25-14)29-20(28)15-10-11-18(23-13-15)26-16-7-3-2-4-8-16/h2-13H,1H3,(H,23,26). The van der Waals surface area contributed by atoms with Gasteiger partial charge in [-0.15, -0.1) is 0 Å². The minimum absolute atomic E-state index is 0.0883. The average Bonchev–Trinajstić information content (AvgIpc) is 2.75. The van der Waals surface area contributed by atoms with Crippen molar-refractivity contribution in [3.63, 3.8) is 0 Å². The maximum Gasteiger partial charge on any atom is 0.347 e. The summed E-state index contributed by atoms with van der Waals surface area (Å²) in [6.45, 7) is 1.69. The molecule has 8 nitrogen and oxygen atoms in total. The molecule has 8 heteroatoms. The molecule has 0 fully saturated rings. The second kappa shape index (κ2) is 8.22. The van der Waals surface area contributed by atoms with E-state index in [0.717, 1.165) is 5.69 Å². The molecular formula is C21H16N6O2. The smallest absolute Gasteiger partial charge is 0.347 e. The molecule has 0 saturated heterocycles. The summed E-state index contributed by atoms with van der Waals surface area (Å²) in [5, 5.41) is 3.15. The highest BCUT2D eigenvalue weighted by atomic mass is 16.5. The summed E-state index contributed by atoms with van der Waals surface area (Å²) in [6.07, 6.45) is 3.07. The number of aromatic nitrogens is 5. The molecule has 0 atom stereocenters. The van der Waals surface area contributed by atoms with Gasteiger partial charge in [0.1, 0.15) is 17.3 Å². The molecule has 3 aromatic heterocycles. The van der Waals surface area contributed by atoms with Crippen LogP contribution in [0.3, 0.4) is 0 Å². The van der Waals surface area contributed by atoms with Crippen LogP contribution in [-0.2, 0) is 0 Å². The Morgan fingerprint density at radius 1 is 0.897 bits per heavy atom. The molecular weight excluding hydrogens is 368 g/mol. The van der Waals surface area contributed by atoms with Crippen LogP contribution in [0.2, 0.25) is 0 Å². The summed E-state index contributed by atoms with van der Waals surface area (Å²) in [4.78, 5) is 33.4. The van der Waals surface area contributed by atoms with Crippen LogP contribution in [0.4, 0.5) is 11.5 Å². The van der Waals surface area contributed by atoms with Crippen molar-refractivity contribution < 1.29 is 9.53 Å². The van der Waals surface area contributed by atoms with Gasteiger partial charge < -0.3 is 10.1 Å². The largest absolute Gasteiger partial charge is 0.387 e. The summed E-state index contributed by atoms with van der Waals surface area (Å²) in [6, 6.07) is 18.2. The van der Waals surface area contributed by atoms with Gasteiger partial charge in [0.2, 0.25) is 0 Å². The lowest BCUT2D eigenvalue weighted by Crippen LogP contribution is -2.12. The number of anilines is 2. The monoisotopic (exact) mass is 384 g/mol. The molecule has 4 rings (SSSR count). The van der Waals surface area contributed by atoms with Crippen molar-refractivity contribution in [2.75, 3.05) is 5.32 Å². The van der Waals surface area contributed by atoms with Crippen molar-refractivity contribution in [2.45, 2.75) is 6.92 Å². The molecule has 0 spiro atoms. The molecule has 4 aromatic rings. The number of hydrogen-bond acceptors (Lipinski definition) is 8. The first-order valence-electron chi connectivity index (χ1n) is 8.82. The lowest BCUT2D eigenvalue weighted by atomic mass is 10.3. The quantitative estimate of drug-likeness (QED) is 0.521. The Morgan fingerprint density at radius 3 is 2.45 bits per heavy atom. The molecule has 0 unspecified atom stereocenters. The lowest BCUT2D eigenvalue weighted by molar-refractivity contribution is 0.0718. The third-order valence-electron chi connectivity index (χ3n) is 3.85. The maximum absolute atomic E-state index is 12.4. The molecule has 1 N–H and O–H groups in total. The van der Waals surface area contributed by atoms with Gasteiger partial charge in [-0.3, -0.25) is 4.98 Å². The fourth-order valence-electron chi connectivity index (χ4n) is 2.51. The molecule has 0 aliphatic carbocycles. The Labute approximate surface area is 166 Å². The van der Waals surface area contributed by atoms with Crippen LogP contribution in [0.1, 0.15) is 16.2 Å². The Bertz CT molecular complexity index is 1120. The number of esters is 1. The number of para-hydroxylation sites is 1. The minimum atomic E-state index is -0.610. The van der Waals surface area contributed by atoms with Crippen LogP contribution in [-0.4, -0.2) is 30.9 Å². The zero-order chi connectivity index (χ0) is 20.1. The van der Waals surface area contributed by atoms with E-state index in [-0.39, 0.29) is 11.6 Å². The van der Waals surface area contributed by atoms with Gasteiger partial charge in [-0.25, -0.2) is 14.8 Å². The highest BCUT2D eigenvalue weighted by molar-refractivity contribution is 5.90. The van der Waals surface area contributed by atoms with E-state index in [2.05, 4.69) is 30.2 Å². The summed E-state index contributed by atoms with van der Waals surface area (Å²) < 4.78 is 5.31. The van der Waals surface area contributed by atoms with Gasteiger partial charge in [0.15, 0.2) is 5.82 Å². The first kappa shape index (κ1) is 18.2. The summed E-state index contributed by atoms with van der Waals surface area (Å²) in [5.41, 5.74) is 1.74. The predicted molar refractivity (Wildman–Crippen MR) is 107 cm³/mol. The van der Waals surface area contributed by atoms with Crippen LogP contribution in [0.25, 0.3) is 11.5 Å². The number of rotatable bonds is 5. The van der Waals surface area contributed by atoms with Crippen molar-refractivity contribution in [3.8, 4) is 17.5 Å². The van der Waals surface area contributed by atoms with Crippen molar-refractivity contribution in [1.29, 1.82) is 0 Å². The number of hydrogen-bond donors (Lipinski definition) is 1. The van der Waals surface area contributed by atoms with E-state index >= 15 is 0 Å². The summed E-state index contributed by atoms with van der Waals surface area (Å²) in [7, 11) is 0. The molecule has 0 aliphatic rings.